The van der Waals surface area contributed by atoms with Crippen molar-refractivity contribution in [1.82, 2.24) is 19.9 Å². The summed E-state index contributed by atoms with van der Waals surface area (Å²) in [6.07, 6.45) is 6.48. The Bertz CT molecular complexity index is 1070. The molecule has 122 valence electrons. The van der Waals surface area contributed by atoms with Gasteiger partial charge in [-0.15, -0.1) is 0 Å². The summed E-state index contributed by atoms with van der Waals surface area (Å²) in [6.45, 7) is 0. The van der Waals surface area contributed by atoms with Gasteiger partial charge in [-0.05, 0) is 30.7 Å². The second-order valence-corrected chi connectivity index (χ2v) is 5.66. The van der Waals surface area contributed by atoms with Crippen LogP contribution in [0, 0.1) is 0 Å². The number of benzene rings is 1. The molecular weight excluding hydrogens is 312 g/mol. The summed E-state index contributed by atoms with van der Waals surface area (Å²) in [6, 6.07) is 13.6. The molecule has 1 aromatic carbocycles. The highest BCUT2D eigenvalue weighted by molar-refractivity contribution is 5.91. The summed E-state index contributed by atoms with van der Waals surface area (Å²) < 4.78 is 0. The number of aryl methyl sites for hydroxylation is 1. The maximum absolute atomic E-state index is 6.09. The number of para-hydroxylation sites is 2. The van der Waals surface area contributed by atoms with Gasteiger partial charge in [-0.3, -0.25) is 9.97 Å². The lowest BCUT2D eigenvalue weighted by molar-refractivity contribution is 0.960. The van der Waals surface area contributed by atoms with E-state index in [4.69, 9.17) is 5.73 Å². The Morgan fingerprint density at radius 3 is 2.72 bits per heavy atom. The van der Waals surface area contributed by atoms with Crippen LogP contribution in [0.2, 0.25) is 0 Å². The Morgan fingerprint density at radius 1 is 0.920 bits per heavy atom. The minimum atomic E-state index is 0.501. The van der Waals surface area contributed by atoms with E-state index in [1.807, 2.05) is 42.5 Å². The molecule has 0 amide bonds. The lowest BCUT2D eigenvalue weighted by Crippen LogP contribution is -2.13. The van der Waals surface area contributed by atoms with Crippen molar-refractivity contribution in [3.8, 4) is 0 Å². The zero-order chi connectivity index (χ0) is 17.1. The molecule has 0 fully saturated rings. The third kappa shape index (κ3) is 3.28. The number of nitrogens with zero attached hydrogens (tertiary/aromatic N) is 5. The molecular formula is C19H16N6. The van der Waals surface area contributed by atoms with Crippen molar-refractivity contribution in [1.29, 1.82) is 0 Å². The van der Waals surface area contributed by atoms with E-state index in [9.17, 15) is 0 Å². The molecule has 3 heterocycles. The van der Waals surface area contributed by atoms with E-state index < -0.39 is 0 Å². The van der Waals surface area contributed by atoms with E-state index in [2.05, 4.69) is 24.9 Å². The van der Waals surface area contributed by atoms with Gasteiger partial charge in [0, 0.05) is 30.4 Å². The molecule has 25 heavy (non-hydrogen) atoms. The number of rotatable bonds is 4. The molecule has 3 aromatic heterocycles. The SMILES string of the molecule is NC(CCc1cnc2ccccc2n1)=Nc1nccc2cccnc12. The standard InChI is InChI=1S/C19H16N6/c20-17(25-19-18-13(9-11-22-19)4-3-10-21-18)8-7-14-12-23-15-5-1-2-6-16(15)24-14/h1-6,9-12H,7-8H2,(H2,20,22,25). The zero-order valence-corrected chi connectivity index (χ0v) is 13.5. The van der Waals surface area contributed by atoms with Crippen LogP contribution >= 0.6 is 0 Å². The van der Waals surface area contributed by atoms with Crippen LogP contribution in [0.1, 0.15) is 12.1 Å². The van der Waals surface area contributed by atoms with E-state index >= 15 is 0 Å². The number of pyridine rings is 2. The fourth-order valence-electron chi connectivity index (χ4n) is 2.63. The predicted molar refractivity (Wildman–Crippen MR) is 98.7 cm³/mol. The van der Waals surface area contributed by atoms with Gasteiger partial charge in [0.25, 0.3) is 0 Å². The van der Waals surface area contributed by atoms with Gasteiger partial charge in [-0.1, -0.05) is 18.2 Å². The molecule has 0 spiro atoms. The third-order valence-corrected chi connectivity index (χ3v) is 3.89. The van der Waals surface area contributed by atoms with Crippen LogP contribution < -0.4 is 5.73 Å². The molecule has 0 aliphatic rings. The van der Waals surface area contributed by atoms with E-state index in [-0.39, 0.29) is 0 Å². The second-order valence-electron chi connectivity index (χ2n) is 5.66. The lowest BCUT2D eigenvalue weighted by Gasteiger charge is -2.04. The number of hydrogen-bond acceptors (Lipinski definition) is 5. The highest BCUT2D eigenvalue weighted by atomic mass is 15.0. The van der Waals surface area contributed by atoms with Gasteiger partial charge in [-0.2, -0.15) is 0 Å². The molecule has 0 unspecified atom stereocenters. The largest absolute Gasteiger partial charge is 0.387 e. The Kier molecular flexibility index (Phi) is 4.00. The van der Waals surface area contributed by atoms with Gasteiger partial charge < -0.3 is 5.73 Å². The maximum Gasteiger partial charge on any atom is 0.180 e. The maximum atomic E-state index is 6.09. The van der Waals surface area contributed by atoms with Crippen LogP contribution in [-0.2, 0) is 6.42 Å². The monoisotopic (exact) mass is 328 g/mol. The molecule has 0 aliphatic carbocycles. The molecule has 0 radical (unpaired) electrons. The number of hydrogen-bond donors (Lipinski definition) is 1. The Hall–Kier alpha value is -3.41. The van der Waals surface area contributed by atoms with Crippen molar-refractivity contribution in [3.63, 3.8) is 0 Å². The minimum absolute atomic E-state index is 0.501. The molecule has 6 nitrogen and oxygen atoms in total. The topological polar surface area (TPSA) is 89.9 Å². The molecule has 0 saturated carbocycles. The van der Waals surface area contributed by atoms with Gasteiger partial charge in [-0.25, -0.2) is 15.0 Å². The van der Waals surface area contributed by atoms with Crippen LogP contribution in [0.25, 0.3) is 21.9 Å². The van der Waals surface area contributed by atoms with E-state index in [0.717, 1.165) is 27.6 Å². The number of aromatic nitrogens is 4. The van der Waals surface area contributed by atoms with Crippen molar-refractivity contribution in [3.05, 3.63) is 66.7 Å². The molecule has 4 rings (SSSR count). The normalized spacial score (nSPS) is 11.9. The lowest BCUT2D eigenvalue weighted by atomic mass is 10.2. The van der Waals surface area contributed by atoms with E-state index in [1.54, 1.807) is 18.6 Å². The van der Waals surface area contributed by atoms with Crippen molar-refractivity contribution >= 4 is 33.6 Å². The molecule has 2 N–H and O–H groups in total. The number of amidine groups is 1. The highest BCUT2D eigenvalue weighted by Crippen LogP contribution is 2.20. The molecule has 0 bridgehead atoms. The van der Waals surface area contributed by atoms with Gasteiger partial charge in [0.1, 0.15) is 11.4 Å². The quantitative estimate of drug-likeness (QED) is 0.459. The van der Waals surface area contributed by atoms with Crippen molar-refractivity contribution in [2.24, 2.45) is 10.7 Å². The van der Waals surface area contributed by atoms with Crippen LogP contribution in [0.5, 0.6) is 0 Å². The summed E-state index contributed by atoms with van der Waals surface area (Å²) in [5.41, 5.74) is 9.50. The first-order valence-corrected chi connectivity index (χ1v) is 8.03. The molecule has 0 atom stereocenters. The average Bonchev–Trinajstić information content (AvgIpc) is 2.66. The number of fused-ring (bicyclic) bond motifs is 2. The molecule has 0 saturated heterocycles. The fraction of sp³-hybridized carbons (Fsp3) is 0.105. The average molecular weight is 328 g/mol. The zero-order valence-electron chi connectivity index (χ0n) is 13.5. The number of nitrogens with two attached hydrogens (primary N) is 1. The van der Waals surface area contributed by atoms with Crippen molar-refractivity contribution < 1.29 is 0 Å². The summed E-state index contributed by atoms with van der Waals surface area (Å²) >= 11 is 0. The molecule has 0 aliphatic heterocycles. The van der Waals surface area contributed by atoms with Gasteiger partial charge in [0.05, 0.1) is 16.7 Å². The second kappa shape index (κ2) is 6.60. The van der Waals surface area contributed by atoms with Crippen LogP contribution in [0.15, 0.2) is 66.0 Å². The summed E-state index contributed by atoms with van der Waals surface area (Å²) in [4.78, 5) is 22.1. The first-order valence-electron chi connectivity index (χ1n) is 8.03. The predicted octanol–water partition coefficient (Wildman–Crippen LogP) is 3.19. The minimum Gasteiger partial charge on any atom is -0.387 e. The summed E-state index contributed by atoms with van der Waals surface area (Å²) in [5.74, 6) is 1.04. The van der Waals surface area contributed by atoms with Crippen LogP contribution in [0.3, 0.4) is 0 Å². The highest BCUT2D eigenvalue weighted by Gasteiger charge is 2.05. The van der Waals surface area contributed by atoms with Gasteiger partial charge in [0.15, 0.2) is 5.82 Å². The Morgan fingerprint density at radius 2 is 1.80 bits per heavy atom. The van der Waals surface area contributed by atoms with Crippen LogP contribution in [0.4, 0.5) is 5.82 Å². The van der Waals surface area contributed by atoms with Crippen LogP contribution in [-0.4, -0.2) is 25.8 Å². The first-order chi connectivity index (χ1) is 12.3. The number of aliphatic imine (C=N–C) groups is 1. The summed E-state index contributed by atoms with van der Waals surface area (Å²) in [5, 5.41) is 0.990. The first kappa shape index (κ1) is 15.1. The van der Waals surface area contributed by atoms with E-state index in [0.29, 0.717) is 24.5 Å². The van der Waals surface area contributed by atoms with Gasteiger partial charge >= 0.3 is 0 Å². The molecule has 6 heteroatoms. The fourth-order valence-corrected chi connectivity index (χ4v) is 2.63. The smallest absolute Gasteiger partial charge is 0.180 e. The van der Waals surface area contributed by atoms with Crippen molar-refractivity contribution in [2.45, 2.75) is 12.8 Å². The Labute approximate surface area is 144 Å². The third-order valence-electron chi connectivity index (χ3n) is 3.89. The van der Waals surface area contributed by atoms with Crippen molar-refractivity contribution in [2.75, 3.05) is 0 Å². The molecule has 4 aromatic rings. The van der Waals surface area contributed by atoms with E-state index in [1.165, 1.54) is 0 Å². The Balaban J connectivity index is 1.54. The summed E-state index contributed by atoms with van der Waals surface area (Å²) in [7, 11) is 0. The van der Waals surface area contributed by atoms with Gasteiger partial charge in [0.2, 0.25) is 0 Å².